The Balaban J connectivity index is -0.0000000498. The van der Waals surface area contributed by atoms with Crippen LogP contribution in [0.15, 0.2) is 0 Å². The summed E-state index contributed by atoms with van der Waals surface area (Å²) in [5.74, 6) is 2.47. The molecule has 0 rings (SSSR count). The van der Waals surface area contributed by atoms with E-state index >= 15 is 0 Å². The first-order valence-corrected chi connectivity index (χ1v) is 4.66. The maximum Gasteiger partial charge on any atom is 4.00 e. The molecule has 0 saturated carbocycles. The number of hydrogen-bond acceptors (Lipinski definition) is 3. The van der Waals surface area contributed by atoms with Gasteiger partial charge in [0.25, 0.3) is 0 Å². The molecule has 0 aromatic heterocycles. The van der Waals surface area contributed by atoms with Crippen molar-refractivity contribution in [2.45, 2.75) is 47.0 Å². The molecule has 0 spiro atoms. The van der Waals surface area contributed by atoms with Gasteiger partial charge >= 0.3 is 19.5 Å². The zero-order valence-electron chi connectivity index (χ0n) is 10.5. The first-order chi connectivity index (χ1) is 7.16. The summed E-state index contributed by atoms with van der Waals surface area (Å²) in [4.78, 5) is 23.2. The van der Waals surface area contributed by atoms with Gasteiger partial charge in [0.15, 0.2) is 0 Å². The Labute approximate surface area is 113 Å². The van der Waals surface area contributed by atoms with Crippen LogP contribution in [-0.4, -0.2) is 20.4 Å². The van der Waals surface area contributed by atoms with Crippen LogP contribution in [0.1, 0.15) is 47.0 Å². The second-order valence-corrected chi connectivity index (χ2v) is 3.31. The molecule has 0 aliphatic rings. The number of hydrogen-bond donors (Lipinski definition) is 0. The topological polar surface area (TPSA) is 51.2 Å². The van der Waals surface area contributed by atoms with Crippen molar-refractivity contribution in [3.05, 3.63) is 5.92 Å². The van der Waals surface area contributed by atoms with E-state index in [4.69, 9.17) is 14.4 Å². The van der Waals surface area contributed by atoms with E-state index in [0.29, 0.717) is 0 Å². The molecule has 0 saturated heterocycles. The predicted molar refractivity (Wildman–Crippen MR) is 63.5 cm³/mol. The van der Waals surface area contributed by atoms with Crippen LogP contribution in [0.25, 0.3) is 0 Å². The van der Waals surface area contributed by atoms with E-state index in [1.165, 1.54) is 19.3 Å². The van der Waals surface area contributed by atoms with Crippen molar-refractivity contribution in [3.63, 3.8) is 0 Å². The minimum Gasteiger partial charge on any atom is -0.545 e. The van der Waals surface area contributed by atoms with Crippen LogP contribution in [0.3, 0.4) is 0 Å². The smallest absolute Gasteiger partial charge is 0.545 e. The van der Waals surface area contributed by atoms with Crippen LogP contribution in [0.4, 0.5) is 0 Å². The second-order valence-electron chi connectivity index (χ2n) is 3.31. The third-order valence-corrected chi connectivity index (χ3v) is 1.54. The van der Waals surface area contributed by atoms with Crippen LogP contribution >= 0.6 is 0 Å². The summed E-state index contributed by atoms with van der Waals surface area (Å²) in [7, 11) is 0. The van der Waals surface area contributed by atoms with E-state index in [1.807, 2.05) is 0 Å². The van der Waals surface area contributed by atoms with Crippen LogP contribution in [0.2, 0.25) is 0 Å². The molecule has 4 heteroatoms. The fraction of sp³-hybridized carbons (Fsp3) is 0.667. The average Bonchev–Trinajstić information content (AvgIpc) is 2.26. The van der Waals surface area contributed by atoms with Crippen molar-refractivity contribution in [1.29, 1.82) is 0 Å². The maximum absolute atomic E-state index is 7.75. The summed E-state index contributed by atoms with van der Waals surface area (Å²) < 4.78 is 0. The summed E-state index contributed by atoms with van der Waals surface area (Å²) in [6.07, 6.45) is 4.02. The summed E-state index contributed by atoms with van der Waals surface area (Å²) in [6, 6.07) is 0. The maximum atomic E-state index is 7.75. The van der Waals surface area contributed by atoms with Gasteiger partial charge in [0.2, 0.25) is 0 Å². The Morgan fingerprint density at radius 1 is 1.00 bits per heavy atom. The second kappa shape index (κ2) is 36.5. The molecular formula is C12H22O3Ru. The van der Waals surface area contributed by atoms with E-state index in [-0.39, 0.29) is 19.5 Å². The molecule has 0 N–H and O–H groups in total. The monoisotopic (exact) mass is 316 g/mol. The van der Waals surface area contributed by atoms with E-state index in [2.05, 4.69) is 48.1 Å². The van der Waals surface area contributed by atoms with Gasteiger partial charge in [-0.15, -0.1) is 0 Å². The molecule has 96 valence electrons. The van der Waals surface area contributed by atoms with Crippen molar-refractivity contribution in [1.82, 2.24) is 0 Å². The number of rotatable bonds is 4. The fourth-order valence-electron chi connectivity index (χ4n) is 1.29. The van der Waals surface area contributed by atoms with E-state index in [0.717, 1.165) is 5.92 Å². The minimum atomic E-state index is 0. The van der Waals surface area contributed by atoms with E-state index in [9.17, 15) is 0 Å². The molecule has 0 aliphatic carbocycles. The Bertz CT molecular complexity index is 95.5. The molecular weight excluding hydrogens is 293 g/mol. The molecule has 1 atom stereocenters. The van der Waals surface area contributed by atoms with Gasteiger partial charge in [-0.3, -0.25) is 20.4 Å². The van der Waals surface area contributed by atoms with Crippen molar-refractivity contribution >= 4 is 20.4 Å². The van der Waals surface area contributed by atoms with Gasteiger partial charge in [0.1, 0.15) is 0 Å². The van der Waals surface area contributed by atoms with Gasteiger partial charge < -0.3 is 20.3 Å². The van der Waals surface area contributed by atoms with Crippen LogP contribution in [0, 0.1) is 11.8 Å². The van der Waals surface area contributed by atoms with Gasteiger partial charge in [-0.05, 0) is 0 Å². The standard InChI is InChI=1S/C9H19.3CHO.Ru/c1-5-6-9(4)7-8(2)3;3*1-2;/h9H,5-7H2,1-4H3;3*1H;/q4*-1;+4. The van der Waals surface area contributed by atoms with Gasteiger partial charge in [-0.1, -0.05) is 32.6 Å². The van der Waals surface area contributed by atoms with Gasteiger partial charge in [-0.2, -0.15) is 20.3 Å². The Hall–Kier alpha value is -0.367. The van der Waals surface area contributed by atoms with Crippen molar-refractivity contribution in [3.8, 4) is 0 Å². The first kappa shape index (κ1) is 29.6. The van der Waals surface area contributed by atoms with Crippen LogP contribution < -0.4 is 0 Å². The number of carbonyl (C=O) groups excluding carboxylic acids is 3. The Morgan fingerprint density at radius 2 is 1.31 bits per heavy atom. The molecule has 0 heterocycles. The van der Waals surface area contributed by atoms with E-state index in [1.54, 1.807) is 5.92 Å². The molecule has 1 unspecified atom stereocenters. The SMILES string of the molecule is CCCC(C)C[C-](C)C.[CH-]=O.[CH-]=O.[CH-]=O.[Ru+4]. The molecule has 0 amide bonds. The molecule has 0 aromatic carbocycles. The van der Waals surface area contributed by atoms with Crippen LogP contribution in [0.5, 0.6) is 0 Å². The van der Waals surface area contributed by atoms with Gasteiger partial charge in [0, 0.05) is 0 Å². The summed E-state index contributed by atoms with van der Waals surface area (Å²) in [5.41, 5.74) is 0. The van der Waals surface area contributed by atoms with Gasteiger partial charge in [0.05, 0.1) is 0 Å². The average molecular weight is 315 g/mol. The molecule has 0 aliphatic heterocycles. The summed E-state index contributed by atoms with van der Waals surface area (Å²) in [5, 5.41) is 0. The minimum absolute atomic E-state index is 0. The zero-order valence-corrected chi connectivity index (χ0v) is 12.2. The largest absolute Gasteiger partial charge is 4.00 e. The first-order valence-electron chi connectivity index (χ1n) is 4.66. The fourth-order valence-corrected chi connectivity index (χ4v) is 1.29. The van der Waals surface area contributed by atoms with Crippen LogP contribution in [-0.2, 0) is 33.9 Å². The van der Waals surface area contributed by atoms with Crippen molar-refractivity contribution in [2.75, 3.05) is 0 Å². The molecule has 0 fully saturated rings. The predicted octanol–water partition coefficient (Wildman–Crippen LogP) is 2.60. The van der Waals surface area contributed by atoms with Gasteiger partial charge in [-0.25, -0.2) is 0 Å². The summed E-state index contributed by atoms with van der Waals surface area (Å²) >= 11 is 0. The molecule has 0 radical (unpaired) electrons. The molecule has 0 aromatic rings. The zero-order chi connectivity index (χ0) is 13.3. The van der Waals surface area contributed by atoms with Crippen molar-refractivity contribution < 1.29 is 33.9 Å². The third kappa shape index (κ3) is 49.5. The quantitative estimate of drug-likeness (QED) is 0.455. The summed E-state index contributed by atoms with van der Waals surface area (Å²) in [6.45, 7) is 18.8. The van der Waals surface area contributed by atoms with Crippen molar-refractivity contribution in [2.24, 2.45) is 5.92 Å². The Morgan fingerprint density at radius 3 is 1.50 bits per heavy atom. The Kier molecular flexibility index (Phi) is 67.5. The molecule has 0 bridgehead atoms. The molecule has 3 nitrogen and oxygen atoms in total. The normalized spacial score (nSPS) is 8.81. The van der Waals surface area contributed by atoms with E-state index < -0.39 is 0 Å². The third-order valence-electron chi connectivity index (χ3n) is 1.54. The molecule has 16 heavy (non-hydrogen) atoms.